The van der Waals surface area contributed by atoms with Gasteiger partial charge in [-0.05, 0) is 59.9 Å². The van der Waals surface area contributed by atoms with Crippen LogP contribution in [0.5, 0.6) is 0 Å². The topological polar surface area (TPSA) is 66.5 Å². The molecule has 2 aromatic rings. The second-order valence-electron chi connectivity index (χ2n) is 9.04. The monoisotopic (exact) mass is 478 g/mol. The Bertz CT molecular complexity index is 1110. The van der Waals surface area contributed by atoms with Crippen LogP contribution in [0.2, 0.25) is 10.0 Å². The molecule has 1 amide bonds. The summed E-state index contributed by atoms with van der Waals surface area (Å²) in [6, 6.07) is 13.5. The van der Waals surface area contributed by atoms with Gasteiger partial charge in [-0.3, -0.25) is 4.79 Å². The zero-order valence-corrected chi connectivity index (χ0v) is 19.3. The van der Waals surface area contributed by atoms with Gasteiger partial charge in [-0.1, -0.05) is 54.2 Å². The fourth-order valence-corrected chi connectivity index (χ4v) is 7.26. The Kier molecular flexibility index (Phi) is 5.32. The minimum absolute atomic E-state index is 0.0154. The van der Waals surface area contributed by atoms with Crippen LogP contribution in [0.4, 0.5) is 0 Å². The third kappa shape index (κ3) is 3.88. The Balaban J connectivity index is 1.28. The molecular weight excluding hydrogens is 455 g/mol. The molecule has 8 heteroatoms. The predicted molar refractivity (Wildman–Crippen MR) is 121 cm³/mol. The molecule has 5 nitrogen and oxygen atoms in total. The van der Waals surface area contributed by atoms with Crippen molar-refractivity contribution in [3.8, 4) is 0 Å². The van der Waals surface area contributed by atoms with Crippen LogP contribution in [0.25, 0.3) is 0 Å². The van der Waals surface area contributed by atoms with Gasteiger partial charge in [-0.2, -0.15) is 4.31 Å². The van der Waals surface area contributed by atoms with E-state index in [4.69, 9.17) is 23.2 Å². The van der Waals surface area contributed by atoms with Crippen LogP contribution in [-0.2, 0) is 10.0 Å². The molecular formula is C23H24Cl2N2O3S. The van der Waals surface area contributed by atoms with Gasteiger partial charge in [0, 0.05) is 24.7 Å². The Labute approximate surface area is 192 Å². The molecule has 2 saturated carbocycles. The van der Waals surface area contributed by atoms with Crippen molar-refractivity contribution >= 4 is 39.1 Å². The lowest BCUT2D eigenvalue weighted by Crippen LogP contribution is -2.39. The van der Waals surface area contributed by atoms with Crippen molar-refractivity contribution < 1.29 is 13.2 Å². The molecule has 3 aliphatic rings. The van der Waals surface area contributed by atoms with E-state index in [9.17, 15) is 13.2 Å². The van der Waals surface area contributed by atoms with Gasteiger partial charge in [-0.15, -0.1) is 0 Å². The van der Waals surface area contributed by atoms with Gasteiger partial charge in [0.15, 0.2) is 0 Å². The number of hydrogen-bond acceptors (Lipinski definition) is 3. The summed E-state index contributed by atoms with van der Waals surface area (Å²) in [6.45, 7) is 1.59. The largest absolute Gasteiger partial charge is 0.351 e. The highest BCUT2D eigenvalue weighted by molar-refractivity contribution is 7.89. The minimum atomic E-state index is -3.47. The van der Waals surface area contributed by atoms with E-state index in [-0.39, 0.29) is 23.2 Å². The van der Waals surface area contributed by atoms with E-state index < -0.39 is 10.0 Å². The van der Waals surface area contributed by atoms with Crippen molar-refractivity contribution in [2.45, 2.75) is 24.2 Å². The highest BCUT2D eigenvalue weighted by Crippen LogP contribution is 2.67. The second-order valence-corrected chi connectivity index (χ2v) is 11.8. The van der Waals surface area contributed by atoms with Crippen LogP contribution in [0.1, 0.15) is 29.6 Å². The average Bonchev–Trinajstić information content (AvgIpc) is 3.61. The Morgan fingerprint density at radius 3 is 2.35 bits per heavy atom. The standard InChI is InChI=1S/C23H24Cl2N2O3S/c24-16-8-9-18(21(25)10-16)22(28)26-14-23(11-15-6-7-15)19-12-27(13-20(19)23)31(29,30)17-4-2-1-3-5-17/h1-5,8-10,15,19-20H,6-7,11-14H2,(H,26,28)/t19-,20+,23?. The number of amides is 1. The number of halogens is 2. The molecule has 164 valence electrons. The van der Waals surface area contributed by atoms with Crippen molar-refractivity contribution in [1.82, 2.24) is 9.62 Å². The normalized spacial score (nSPS) is 27.7. The van der Waals surface area contributed by atoms with Crippen LogP contribution in [0, 0.1) is 23.2 Å². The lowest BCUT2D eigenvalue weighted by Gasteiger charge is -2.27. The van der Waals surface area contributed by atoms with Gasteiger partial charge < -0.3 is 5.32 Å². The highest BCUT2D eigenvalue weighted by atomic mass is 35.5. The minimum Gasteiger partial charge on any atom is -0.351 e. The molecule has 0 radical (unpaired) electrons. The number of fused-ring (bicyclic) bond motifs is 1. The van der Waals surface area contributed by atoms with Gasteiger partial charge in [-0.25, -0.2) is 8.42 Å². The maximum atomic E-state index is 13.0. The molecule has 1 saturated heterocycles. The summed E-state index contributed by atoms with van der Waals surface area (Å²) in [7, 11) is -3.47. The van der Waals surface area contributed by atoms with Crippen LogP contribution >= 0.6 is 23.2 Å². The average molecular weight is 479 g/mol. The Morgan fingerprint density at radius 2 is 1.74 bits per heavy atom. The van der Waals surface area contributed by atoms with Crippen LogP contribution in [0.15, 0.2) is 53.4 Å². The number of nitrogens with one attached hydrogen (secondary N) is 1. The summed E-state index contributed by atoms with van der Waals surface area (Å²) in [4.78, 5) is 13.1. The molecule has 0 spiro atoms. The number of carbonyl (C=O) groups is 1. The first kappa shape index (κ1) is 21.3. The first-order chi connectivity index (χ1) is 14.8. The lowest BCUT2D eigenvalue weighted by molar-refractivity contribution is 0.0937. The van der Waals surface area contributed by atoms with E-state index in [0.717, 1.165) is 6.42 Å². The van der Waals surface area contributed by atoms with Gasteiger partial charge in [0.25, 0.3) is 5.91 Å². The number of sulfonamides is 1. The third-order valence-electron chi connectivity index (χ3n) is 7.15. The smallest absolute Gasteiger partial charge is 0.252 e. The zero-order chi connectivity index (χ0) is 21.8. The van der Waals surface area contributed by atoms with E-state index in [1.807, 2.05) is 6.07 Å². The highest BCUT2D eigenvalue weighted by Gasteiger charge is 2.69. The molecule has 31 heavy (non-hydrogen) atoms. The summed E-state index contributed by atoms with van der Waals surface area (Å²) < 4.78 is 27.6. The number of benzene rings is 2. The quantitative estimate of drug-likeness (QED) is 0.638. The first-order valence-corrected chi connectivity index (χ1v) is 12.8. The van der Waals surface area contributed by atoms with Crippen LogP contribution < -0.4 is 5.32 Å². The molecule has 3 atom stereocenters. The Hall–Kier alpha value is -1.60. The fourth-order valence-electron chi connectivity index (χ4n) is 5.25. The summed E-state index contributed by atoms with van der Waals surface area (Å²) in [5, 5.41) is 3.89. The molecule has 1 aliphatic heterocycles. The maximum absolute atomic E-state index is 13.0. The van der Waals surface area contributed by atoms with Crippen molar-refractivity contribution in [1.29, 1.82) is 0 Å². The van der Waals surface area contributed by atoms with E-state index in [0.29, 0.717) is 46.1 Å². The van der Waals surface area contributed by atoms with E-state index in [1.54, 1.807) is 46.8 Å². The fraction of sp³-hybridized carbons (Fsp3) is 0.435. The zero-order valence-electron chi connectivity index (χ0n) is 16.9. The molecule has 2 aliphatic carbocycles. The summed E-state index contributed by atoms with van der Waals surface area (Å²) in [5.74, 6) is 1.05. The van der Waals surface area contributed by atoms with E-state index >= 15 is 0 Å². The van der Waals surface area contributed by atoms with E-state index in [2.05, 4.69) is 5.32 Å². The molecule has 3 fully saturated rings. The van der Waals surface area contributed by atoms with Crippen LogP contribution in [0.3, 0.4) is 0 Å². The number of carbonyl (C=O) groups excluding carboxylic acids is 1. The maximum Gasteiger partial charge on any atom is 0.252 e. The van der Waals surface area contributed by atoms with Crippen molar-refractivity contribution in [3.63, 3.8) is 0 Å². The van der Waals surface area contributed by atoms with Crippen molar-refractivity contribution in [3.05, 3.63) is 64.1 Å². The lowest BCUT2D eigenvalue weighted by atomic mass is 9.92. The van der Waals surface area contributed by atoms with Gasteiger partial charge in [0.2, 0.25) is 10.0 Å². The summed E-state index contributed by atoms with van der Waals surface area (Å²) in [6.07, 6.45) is 3.50. The van der Waals surface area contributed by atoms with Gasteiger partial charge in [0.05, 0.1) is 15.5 Å². The number of rotatable bonds is 7. The summed E-state index contributed by atoms with van der Waals surface area (Å²) >= 11 is 12.1. The predicted octanol–water partition coefficient (Wildman–Crippen LogP) is 4.46. The van der Waals surface area contributed by atoms with Crippen LogP contribution in [-0.4, -0.2) is 38.3 Å². The molecule has 2 aromatic carbocycles. The molecule has 0 aromatic heterocycles. The first-order valence-electron chi connectivity index (χ1n) is 10.6. The number of hydrogen-bond donors (Lipinski definition) is 1. The number of nitrogens with zero attached hydrogens (tertiary/aromatic N) is 1. The third-order valence-corrected chi connectivity index (χ3v) is 9.55. The SMILES string of the molecule is O=C(NCC1(CC2CC2)[C@@H]2CN(S(=O)(=O)c3ccccc3)C[C@@H]21)c1ccc(Cl)cc1Cl. The second kappa shape index (κ2) is 7.77. The van der Waals surface area contributed by atoms with E-state index in [1.165, 1.54) is 12.8 Å². The summed E-state index contributed by atoms with van der Waals surface area (Å²) in [5.41, 5.74) is 0.394. The van der Waals surface area contributed by atoms with Gasteiger partial charge >= 0.3 is 0 Å². The number of piperidine rings is 1. The molecule has 1 heterocycles. The molecule has 0 bridgehead atoms. The van der Waals surface area contributed by atoms with Crippen molar-refractivity contribution in [2.75, 3.05) is 19.6 Å². The van der Waals surface area contributed by atoms with Crippen molar-refractivity contribution in [2.24, 2.45) is 23.2 Å². The molecule has 5 rings (SSSR count). The Morgan fingerprint density at radius 1 is 1.06 bits per heavy atom. The molecule has 1 N–H and O–H groups in total. The van der Waals surface area contributed by atoms with Gasteiger partial charge in [0.1, 0.15) is 0 Å². The molecule has 1 unspecified atom stereocenters.